The third kappa shape index (κ3) is 12.7. The van der Waals surface area contributed by atoms with Crippen molar-refractivity contribution in [1.29, 1.82) is 0 Å². The first-order valence-corrected chi connectivity index (χ1v) is 14.5. The summed E-state index contributed by atoms with van der Waals surface area (Å²) in [5, 5.41) is 8.31. The van der Waals surface area contributed by atoms with Crippen LogP contribution < -0.4 is 21.7 Å². The molecule has 0 bridgehead atoms. The number of rotatable bonds is 19. The zero-order chi connectivity index (χ0) is 30.2. The van der Waals surface area contributed by atoms with Crippen LogP contribution >= 0.6 is 0 Å². The quantitative estimate of drug-likeness (QED) is 0.115. The topological polar surface area (TPSA) is 178 Å². The van der Waals surface area contributed by atoms with Gasteiger partial charge in [-0.3, -0.25) is 28.9 Å². The standard InChI is InChI=1S/C28H47N5O8/c1-19(2)25(32-26(36)20(3)29)28(38)31-11-13-40-15-17-41-16-14-39-12-10-30-27(37)22-6-4-21(5-7-22)18-33-23(34)8-9-24(33)35/h8-9,19-22,25H,4-7,10-18,29H2,1-3H3,(H,30,37)(H,31,38)(H,32,36)/t20-,21?,22?,25-/m1/s1. The van der Waals surface area contributed by atoms with Crippen LogP contribution in [0.2, 0.25) is 0 Å². The molecule has 2 atom stereocenters. The van der Waals surface area contributed by atoms with E-state index >= 15 is 0 Å². The largest absolute Gasteiger partial charge is 0.377 e. The van der Waals surface area contributed by atoms with Gasteiger partial charge in [-0.25, -0.2) is 0 Å². The second-order valence-corrected chi connectivity index (χ2v) is 10.8. The maximum absolute atomic E-state index is 12.4. The number of carbonyl (C=O) groups excluding carboxylic acids is 5. The molecular formula is C28H47N5O8. The van der Waals surface area contributed by atoms with Crippen LogP contribution in [0.3, 0.4) is 0 Å². The molecule has 1 aliphatic carbocycles. The fourth-order valence-corrected chi connectivity index (χ4v) is 4.59. The molecule has 2 aliphatic rings. The summed E-state index contributed by atoms with van der Waals surface area (Å²) < 4.78 is 16.4. The van der Waals surface area contributed by atoms with Gasteiger partial charge >= 0.3 is 0 Å². The van der Waals surface area contributed by atoms with E-state index in [0.29, 0.717) is 59.3 Å². The van der Waals surface area contributed by atoms with Crippen molar-refractivity contribution in [2.24, 2.45) is 23.5 Å². The van der Waals surface area contributed by atoms with Crippen LogP contribution in [0.5, 0.6) is 0 Å². The molecule has 1 heterocycles. The van der Waals surface area contributed by atoms with Crippen molar-refractivity contribution in [3.05, 3.63) is 12.2 Å². The fraction of sp³-hybridized carbons (Fsp3) is 0.750. The van der Waals surface area contributed by atoms with Crippen molar-refractivity contribution in [1.82, 2.24) is 20.9 Å². The highest BCUT2D eigenvalue weighted by Crippen LogP contribution is 2.30. The number of carbonyl (C=O) groups is 5. The van der Waals surface area contributed by atoms with Crippen molar-refractivity contribution < 1.29 is 38.2 Å². The zero-order valence-electron chi connectivity index (χ0n) is 24.5. The van der Waals surface area contributed by atoms with Crippen molar-refractivity contribution >= 4 is 29.5 Å². The Morgan fingerprint density at radius 1 is 0.829 bits per heavy atom. The molecule has 0 unspecified atom stereocenters. The van der Waals surface area contributed by atoms with Crippen LogP contribution in [0.25, 0.3) is 0 Å². The van der Waals surface area contributed by atoms with Gasteiger partial charge in [-0.05, 0) is 44.4 Å². The molecule has 5 N–H and O–H groups in total. The Labute approximate surface area is 242 Å². The van der Waals surface area contributed by atoms with E-state index in [2.05, 4.69) is 16.0 Å². The number of hydrogen-bond donors (Lipinski definition) is 4. The maximum atomic E-state index is 12.4. The molecule has 2 rings (SSSR count). The van der Waals surface area contributed by atoms with Gasteiger partial charge in [0.1, 0.15) is 6.04 Å². The molecular weight excluding hydrogens is 534 g/mol. The van der Waals surface area contributed by atoms with E-state index in [4.69, 9.17) is 19.9 Å². The second-order valence-electron chi connectivity index (χ2n) is 10.8. The first-order valence-electron chi connectivity index (χ1n) is 14.5. The Kier molecular flexibility index (Phi) is 15.5. The van der Waals surface area contributed by atoms with E-state index < -0.39 is 12.1 Å². The van der Waals surface area contributed by atoms with E-state index in [-0.39, 0.29) is 47.3 Å². The number of ether oxygens (including phenoxy) is 3. The minimum absolute atomic E-state index is 0.0151. The van der Waals surface area contributed by atoms with Gasteiger partial charge in [0.15, 0.2) is 0 Å². The van der Waals surface area contributed by atoms with Gasteiger partial charge < -0.3 is 35.9 Å². The van der Waals surface area contributed by atoms with Crippen LogP contribution in [0.15, 0.2) is 12.2 Å². The van der Waals surface area contributed by atoms with E-state index in [1.54, 1.807) is 6.92 Å². The first-order chi connectivity index (χ1) is 19.6. The van der Waals surface area contributed by atoms with Gasteiger partial charge in [0.2, 0.25) is 17.7 Å². The lowest BCUT2D eigenvalue weighted by atomic mass is 9.81. The SMILES string of the molecule is CC(C)[C@@H](NC(=O)[C@@H](C)N)C(=O)NCCOCCOCCOCCNC(=O)C1CCC(CN2C(=O)C=CC2=O)CC1. The molecule has 0 aromatic heterocycles. The summed E-state index contributed by atoms with van der Waals surface area (Å²) >= 11 is 0. The molecule has 0 aromatic carbocycles. The van der Waals surface area contributed by atoms with Gasteiger partial charge in [-0.15, -0.1) is 0 Å². The number of nitrogens with zero attached hydrogens (tertiary/aromatic N) is 1. The Bertz CT molecular complexity index is 884. The zero-order valence-corrected chi connectivity index (χ0v) is 24.5. The highest BCUT2D eigenvalue weighted by molar-refractivity contribution is 6.12. The van der Waals surface area contributed by atoms with E-state index in [1.807, 2.05) is 13.8 Å². The number of imide groups is 1. The molecule has 13 nitrogen and oxygen atoms in total. The smallest absolute Gasteiger partial charge is 0.253 e. The van der Waals surface area contributed by atoms with E-state index in [1.165, 1.54) is 17.1 Å². The molecule has 1 fully saturated rings. The summed E-state index contributed by atoms with van der Waals surface area (Å²) in [6.07, 6.45) is 5.72. The summed E-state index contributed by atoms with van der Waals surface area (Å²) in [6.45, 7) is 8.64. The predicted octanol–water partition coefficient (Wildman–Crippen LogP) is -0.512. The lowest BCUT2D eigenvalue weighted by molar-refractivity contribution is -0.138. The minimum Gasteiger partial charge on any atom is -0.377 e. The lowest BCUT2D eigenvalue weighted by Crippen LogP contribution is -2.53. The van der Waals surface area contributed by atoms with Gasteiger partial charge in [0.05, 0.1) is 45.7 Å². The lowest BCUT2D eigenvalue weighted by Gasteiger charge is -2.30. The average Bonchev–Trinajstić information content (AvgIpc) is 3.25. The van der Waals surface area contributed by atoms with Gasteiger partial charge in [-0.1, -0.05) is 13.8 Å². The van der Waals surface area contributed by atoms with Crippen LogP contribution in [-0.4, -0.2) is 106 Å². The number of nitrogens with one attached hydrogen (secondary N) is 3. The van der Waals surface area contributed by atoms with Crippen molar-refractivity contribution in [3.63, 3.8) is 0 Å². The molecule has 0 spiro atoms. The number of nitrogens with two attached hydrogens (primary N) is 1. The highest BCUT2D eigenvalue weighted by atomic mass is 16.5. The summed E-state index contributed by atoms with van der Waals surface area (Å²) in [6, 6.07) is -1.34. The highest BCUT2D eigenvalue weighted by Gasteiger charge is 2.31. The van der Waals surface area contributed by atoms with Gasteiger partial charge in [-0.2, -0.15) is 0 Å². The molecule has 13 heteroatoms. The molecule has 41 heavy (non-hydrogen) atoms. The Morgan fingerprint density at radius 2 is 1.34 bits per heavy atom. The minimum atomic E-state index is -0.686. The van der Waals surface area contributed by atoms with Gasteiger partial charge in [0, 0.05) is 37.7 Å². The van der Waals surface area contributed by atoms with Crippen molar-refractivity contribution in [2.45, 2.75) is 58.5 Å². The van der Waals surface area contributed by atoms with Crippen LogP contribution in [0, 0.1) is 17.8 Å². The molecule has 5 amide bonds. The molecule has 0 aromatic rings. The second kappa shape index (κ2) is 18.5. The van der Waals surface area contributed by atoms with E-state index in [0.717, 1.165) is 25.7 Å². The Morgan fingerprint density at radius 3 is 1.85 bits per heavy atom. The summed E-state index contributed by atoms with van der Waals surface area (Å²) in [4.78, 5) is 61.2. The molecule has 0 radical (unpaired) electrons. The Balaban J connectivity index is 1.40. The molecule has 232 valence electrons. The van der Waals surface area contributed by atoms with Crippen molar-refractivity contribution in [2.75, 3.05) is 59.3 Å². The maximum Gasteiger partial charge on any atom is 0.253 e. The fourth-order valence-electron chi connectivity index (χ4n) is 4.59. The van der Waals surface area contributed by atoms with Crippen LogP contribution in [0.4, 0.5) is 0 Å². The Hall–Kier alpha value is -2.87. The molecule has 1 saturated carbocycles. The van der Waals surface area contributed by atoms with Gasteiger partial charge in [0.25, 0.3) is 11.8 Å². The van der Waals surface area contributed by atoms with E-state index in [9.17, 15) is 24.0 Å². The first kappa shape index (κ1) is 34.3. The number of hydrogen-bond acceptors (Lipinski definition) is 9. The molecule has 1 aliphatic heterocycles. The van der Waals surface area contributed by atoms with Crippen LogP contribution in [0.1, 0.15) is 46.5 Å². The predicted molar refractivity (Wildman–Crippen MR) is 150 cm³/mol. The third-order valence-electron chi connectivity index (χ3n) is 7.05. The normalized spacial score (nSPS) is 20.3. The number of amides is 5. The van der Waals surface area contributed by atoms with Crippen molar-refractivity contribution in [3.8, 4) is 0 Å². The summed E-state index contributed by atoms with van der Waals surface area (Å²) in [5.41, 5.74) is 5.55. The monoisotopic (exact) mass is 581 g/mol. The van der Waals surface area contributed by atoms with Crippen LogP contribution in [-0.2, 0) is 38.2 Å². The molecule has 0 saturated heterocycles. The summed E-state index contributed by atoms with van der Waals surface area (Å²) in [7, 11) is 0. The summed E-state index contributed by atoms with van der Waals surface area (Å²) in [5.74, 6) is -1.04. The third-order valence-corrected chi connectivity index (χ3v) is 7.05. The average molecular weight is 582 g/mol.